The number of benzene rings is 8. The molecule has 238 valence electrons. The summed E-state index contributed by atoms with van der Waals surface area (Å²) in [5, 5.41) is 7.72. The Kier molecular flexibility index (Phi) is 6.16. The van der Waals surface area contributed by atoms with Crippen molar-refractivity contribution in [3.63, 3.8) is 0 Å². The molecule has 11 aromatic rings. The topological polar surface area (TPSA) is 9.86 Å². The van der Waals surface area contributed by atoms with Crippen LogP contribution in [0, 0.1) is 0 Å². The lowest BCUT2D eigenvalue weighted by atomic mass is 10.00. The van der Waals surface area contributed by atoms with Crippen LogP contribution in [0.4, 0.5) is 0 Å². The summed E-state index contributed by atoms with van der Waals surface area (Å²) in [5.74, 6) is 0. The van der Waals surface area contributed by atoms with Crippen molar-refractivity contribution in [2.75, 3.05) is 0 Å². The van der Waals surface area contributed by atoms with Gasteiger partial charge in [0, 0.05) is 53.1 Å². The van der Waals surface area contributed by atoms with Crippen LogP contribution in [0.2, 0.25) is 0 Å². The first-order valence-corrected chi connectivity index (χ1v) is 18.2. The standard InChI is InChI=1S/C48H30N2S/c1-3-12-31(13-4-1)32-14-11-17-36(26-32)50-44-21-10-7-18-37(44)39-27-33(22-24-45(39)50)34-23-25-47-41(28-34)42-29-40-38-19-8-9-20-43(38)49(35-15-5-2-6-16-35)46(40)30-48(42)51-47/h1-30H. The predicted molar refractivity (Wildman–Crippen MR) is 219 cm³/mol. The molecule has 0 aliphatic carbocycles. The van der Waals surface area contributed by atoms with Crippen LogP contribution in [0.3, 0.4) is 0 Å². The van der Waals surface area contributed by atoms with Crippen LogP contribution in [0.1, 0.15) is 0 Å². The number of fused-ring (bicyclic) bond motifs is 9. The van der Waals surface area contributed by atoms with Crippen LogP contribution in [0.25, 0.3) is 97.4 Å². The zero-order chi connectivity index (χ0) is 33.5. The summed E-state index contributed by atoms with van der Waals surface area (Å²) in [5.41, 5.74) is 12.2. The van der Waals surface area contributed by atoms with Crippen LogP contribution >= 0.6 is 11.3 Å². The molecule has 3 heteroatoms. The van der Waals surface area contributed by atoms with Crippen molar-refractivity contribution in [2.45, 2.75) is 0 Å². The number of nitrogens with zero attached hydrogens (tertiary/aromatic N) is 2. The zero-order valence-corrected chi connectivity index (χ0v) is 28.4. The van der Waals surface area contributed by atoms with Gasteiger partial charge in [0.05, 0.1) is 22.1 Å². The molecule has 0 fully saturated rings. The fraction of sp³-hybridized carbons (Fsp3) is 0. The number of rotatable bonds is 4. The molecule has 0 atom stereocenters. The van der Waals surface area contributed by atoms with Crippen LogP contribution in [-0.2, 0) is 0 Å². The molecule has 0 bridgehead atoms. The molecule has 0 spiro atoms. The normalized spacial score (nSPS) is 11.9. The average Bonchev–Trinajstić information content (AvgIpc) is 3.84. The van der Waals surface area contributed by atoms with Gasteiger partial charge in [-0.2, -0.15) is 0 Å². The summed E-state index contributed by atoms with van der Waals surface area (Å²) in [6.45, 7) is 0. The Balaban J connectivity index is 1.08. The third-order valence-electron chi connectivity index (χ3n) is 10.5. The molecule has 0 amide bonds. The van der Waals surface area contributed by atoms with Gasteiger partial charge in [0.1, 0.15) is 0 Å². The minimum atomic E-state index is 1.17. The molecule has 3 heterocycles. The molecule has 8 aromatic carbocycles. The first-order valence-electron chi connectivity index (χ1n) is 17.4. The van der Waals surface area contributed by atoms with Gasteiger partial charge in [-0.25, -0.2) is 0 Å². The Morgan fingerprint density at radius 3 is 1.57 bits per heavy atom. The third-order valence-corrected chi connectivity index (χ3v) is 11.6. The second kappa shape index (κ2) is 11.0. The second-order valence-corrected chi connectivity index (χ2v) is 14.5. The lowest BCUT2D eigenvalue weighted by Crippen LogP contribution is -1.94. The summed E-state index contributed by atoms with van der Waals surface area (Å²) in [6.07, 6.45) is 0. The maximum atomic E-state index is 2.43. The SMILES string of the molecule is c1ccc(-c2cccc(-n3c4ccccc4c4cc(-c5ccc6sc7cc8c(cc7c6c5)c5ccccc5n8-c5ccccc5)ccc43)c2)cc1. The quantitative estimate of drug-likeness (QED) is 0.177. The van der Waals surface area contributed by atoms with E-state index in [2.05, 4.69) is 191 Å². The van der Waals surface area contributed by atoms with E-state index in [0.29, 0.717) is 0 Å². The van der Waals surface area contributed by atoms with Crippen molar-refractivity contribution in [1.82, 2.24) is 9.13 Å². The van der Waals surface area contributed by atoms with Crippen molar-refractivity contribution in [2.24, 2.45) is 0 Å². The van der Waals surface area contributed by atoms with Gasteiger partial charge in [0.15, 0.2) is 0 Å². The maximum absolute atomic E-state index is 2.43. The molecule has 0 radical (unpaired) electrons. The van der Waals surface area contributed by atoms with Gasteiger partial charge in [-0.05, 0) is 95.1 Å². The first kappa shape index (κ1) is 28.4. The fourth-order valence-electron chi connectivity index (χ4n) is 8.16. The highest BCUT2D eigenvalue weighted by molar-refractivity contribution is 7.25. The molecule has 0 N–H and O–H groups in total. The Morgan fingerprint density at radius 1 is 0.275 bits per heavy atom. The van der Waals surface area contributed by atoms with E-state index >= 15 is 0 Å². The van der Waals surface area contributed by atoms with Gasteiger partial charge in [-0.15, -0.1) is 11.3 Å². The highest BCUT2D eigenvalue weighted by Gasteiger charge is 2.17. The largest absolute Gasteiger partial charge is 0.309 e. The molecule has 0 saturated carbocycles. The lowest BCUT2D eigenvalue weighted by molar-refractivity contribution is 1.18. The van der Waals surface area contributed by atoms with Crippen molar-refractivity contribution < 1.29 is 0 Å². The van der Waals surface area contributed by atoms with E-state index < -0.39 is 0 Å². The number of hydrogen-bond acceptors (Lipinski definition) is 1. The Labute approximate surface area is 298 Å². The van der Waals surface area contributed by atoms with Gasteiger partial charge in [-0.1, -0.05) is 109 Å². The molecule has 0 saturated heterocycles. The Morgan fingerprint density at radius 2 is 0.804 bits per heavy atom. The lowest BCUT2D eigenvalue weighted by Gasteiger charge is -2.11. The molecule has 0 unspecified atom stereocenters. The summed E-state index contributed by atoms with van der Waals surface area (Å²) in [7, 11) is 0. The minimum absolute atomic E-state index is 1.17. The summed E-state index contributed by atoms with van der Waals surface area (Å²) in [4.78, 5) is 0. The van der Waals surface area contributed by atoms with Crippen LogP contribution in [-0.4, -0.2) is 9.13 Å². The minimum Gasteiger partial charge on any atom is -0.309 e. The number of para-hydroxylation sites is 3. The molecule has 0 aliphatic rings. The van der Waals surface area contributed by atoms with E-state index in [1.807, 2.05) is 11.3 Å². The number of aromatic nitrogens is 2. The number of hydrogen-bond donors (Lipinski definition) is 0. The van der Waals surface area contributed by atoms with Crippen molar-refractivity contribution >= 4 is 75.1 Å². The van der Waals surface area contributed by atoms with Gasteiger partial charge < -0.3 is 9.13 Å². The average molecular weight is 667 g/mol. The summed E-state index contributed by atoms with van der Waals surface area (Å²) < 4.78 is 7.44. The molecular formula is C48H30N2S. The van der Waals surface area contributed by atoms with Crippen LogP contribution < -0.4 is 0 Å². The summed E-state index contributed by atoms with van der Waals surface area (Å²) >= 11 is 1.88. The molecule has 2 nitrogen and oxygen atoms in total. The van der Waals surface area contributed by atoms with Crippen molar-refractivity contribution in [3.05, 3.63) is 182 Å². The smallest absolute Gasteiger partial charge is 0.0555 e. The monoisotopic (exact) mass is 666 g/mol. The number of thiophene rings is 1. The molecular weight excluding hydrogens is 637 g/mol. The van der Waals surface area contributed by atoms with Gasteiger partial charge in [0.25, 0.3) is 0 Å². The second-order valence-electron chi connectivity index (χ2n) is 13.4. The van der Waals surface area contributed by atoms with Crippen LogP contribution in [0.15, 0.2) is 182 Å². The van der Waals surface area contributed by atoms with E-state index in [4.69, 9.17) is 0 Å². The fourth-order valence-corrected chi connectivity index (χ4v) is 9.26. The zero-order valence-electron chi connectivity index (χ0n) is 27.6. The summed E-state index contributed by atoms with van der Waals surface area (Å²) in [6, 6.07) is 66.6. The van der Waals surface area contributed by atoms with Crippen molar-refractivity contribution in [1.29, 1.82) is 0 Å². The Hall–Kier alpha value is -6.42. The van der Waals surface area contributed by atoms with E-state index in [0.717, 1.165) is 0 Å². The van der Waals surface area contributed by atoms with Crippen molar-refractivity contribution in [3.8, 4) is 33.6 Å². The molecule has 3 aromatic heterocycles. The maximum Gasteiger partial charge on any atom is 0.0555 e. The van der Waals surface area contributed by atoms with Crippen LogP contribution in [0.5, 0.6) is 0 Å². The molecule has 11 rings (SSSR count). The first-order chi connectivity index (χ1) is 25.3. The predicted octanol–water partition coefficient (Wildman–Crippen LogP) is 13.6. The van der Waals surface area contributed by atoms with E-state index in [9.17, 15) is 0 Å². The molecule has 0 aliphatic heterocycles. The highest BCUT2D eigenvalue weighted by Crippen LogP contribution is 2.43. The van der Waals surface area contributed by atoms with Gasteiger partial charge in [0.2, 0.25) is 0 Å². The van der Waals surface area contributed by atoms with Gasteiger partial charge >= 0.3 is 0 Å². The Bertz CT molecular complexity index is 3130. The van der Waals surface area contributed by atoms with E-state index in [1.54, 1.807) is 0 Å². The third kappa shape index (κ3) is 4.35. The molecule has 51 heavy (non-hydrogen) atoms. The highest BCUT2D eigenvalue weighted by atomic mass is 32.1. The van der Waals surface area contributed by atoms with E-state index in [-0.39, 0.29) is 0 Å². The van der Waals surface area contributed by atoms with Gasteiger partial charge in [-0.3, -0.25) is 0 Å². The van der Waals surface area contributed by atoms with E-state index in [1.165, 1.54) is 97.4 Å².